The van der Waals surface area contributed by atoms with E-state index >= 15 is 0 Å². The second kappa shape index (κ2) is 10.4. The van der Waals surface area contributed by atoms with E-state index in [0.717, 1.165) is 22.5 Å². The van der Waals surface area contributed by atoms with Gasteiger partial charge in [0.15, 0.2) is 0 Å². The third kappa shape index (κ3) is 4.94. The van der Waals surface area contributed by atoms with E-state index in [0.29, 0.717) is 30.0 Å². The van der Waals surface area contributed by atoms with Gasteiger partial charge in [0, 0.05) is 55.1 Å². The number of anilines is 1. The second-order valence-corrected chi connectivity index (χ2v) is 11.3. The maximum absolute atomic E-state index is 13.7. The fourth-order valence-corrected chi connectivity index (χ4v) is 6.22. The van der Waals surface area contributed by atoms with E-state index in [1.165, 1.54) is 17.5 Å². The van der Waals surface area contributed by atoms with Crippen molar-refractivity contribution >= 4 is 21.6 Å². The van der Waals surface area contributed by atoms with E-state index in [1.54, 1.807) is 27.8 Å². The van der Waals surface area contributed by atoms with E-state index in [2.05, 4.69) is 0 Å². The molecule has 2 heterocycles. The standard InChI is InChI=1S/C29H30N4O4S/c1-21-12-14-22(15-13-21)29(34)33(23-8-5-4-6-9-23)20-27-26-19-32(17-16-28(26)31(2)30-27)38(35,36)25-11-7-10-24(18-25)37-3/h4-15,18H,16-17,19-20H2,1-3H3. The van der Waals surface area contributed by atoms with E-state index in [4.69, 9.17) is 9.84 Å². The molecule has 0 saturated carbocycles. The van der Waals surface area contributed by atoms with Gasteiger partial charge in [-0.05, 0) is 43.3 Å². The van der Waals surface area contributed by atoms with E-state index < -0.39 is 10.0 Å². The zero-order valence-electron chi connectivity index (χ0n) is 21.7. The molecule has 3 aromatic carbocycles. The summed E-state index contributed by atoms with van der Waals surface area (Å²) in [5, 5.41) is 4.75. The van der Waals surface area contributed by atoms with Crippen molar-refractivity contribution in [3.05, 3.63) is 107 Å². The first-order valence-electron chi connectivity index (χ1n) is 12.4. The number of ether oxygens (including phenoxy) is 1. The Morgan fingerprint density at radius 3 is 2.47 bits per heavy atom. The number of benzene rings is 3. The Kier molecular flexibility index (Phi) is 7.05. The number of nitrogens with zero attached hydrogens (tertiary/aromatic N) is 4. The molecule has 8 nitrogen and oxygen atoms in total. The second-order valence-electron chi connectivity index (χ2n) is 9.36. The van der Waals surface area contributed by atoms with Crippen LogP contribution in [0, 0.1) is 6.92 Å². The van der Waals surface area contributed by atoms with Gasteiger partial charge < -0.3 is 9.64 Å². The lowest BCUT2D eigenvalue weighted by Gasteiger charge is -2.28. The van der Waals surface area contributed by atoms with Crippen molar-refractivity contribution in [2.45, 2.75) is 31.3 Å². The third-order valence-corrected chi connectivity index (χ3v) is 8.73. The molecule has 9 heteroatoms. The lowest BCUT2D eigenvalue weighted by molar-refractivity contribution is 0.0984. The van der Waals surface area contributed by atoms with Gasteiger partial charge in [-0.2, -0.15) is 9.40 Å². The molecule has 1 aromatic heterocycles. The summed E-state index contributed by atoms with van der Waals surface area (Å²) in [4.78, 5) is 15.6. The highest BCUT2D eigenvalue weighted by molar-refractivity contribution is 7.89. The van der Waals surface area contributed by atoms with Gasteiger partial charge >= 0.3 is 0 Å². The number of carbonyl (C=O) groups is 1. The monoisotopic (exact) mass is 530 g/mol. The predicted octanol–water partition coefficient (Wildman–Crippen LogP) is 4.33. The normalized spacial score (nSPS) is 13.7. The van der Waals surface area contributed by atoms with Gasteiger partial charge in [-0.3, -0.25) is 9.48 Å². The van der Waals surface area contributed by atoms with Crippen LogP contribution in [-0.2, 0) is 36.6 Å². The maximum atomic E-state index is 13.7. The number of hydrogen-bond donors (Lipinski definition) is 0. The Labute approximate surface area is 223 Å². The molecule has 0 saturated heterocycles. The van der Waals surface area contributed by atoms with Gasteiger partial charge in [-0.15, -0.1) is 0 Å². The van der Waals surface area contributed by atoms with Crippen molar-refractivity contribution in [1.82, 2.24) is 14.1 Å². The van der Waals surface area contributed by atoms with E-state index in [1.807, 2.05) is 68.6 Å². The molecule has 38 heavy (non-hydrogen) atoms. The average molecular weight is 531 g/mol. The van der Waals surface area contributed by atoms with Crippen LogP contribution in [0.2, 0.25) is 0 Å². The van der Waals surface area contributed by atoms with Gasteiger partial charge in [0.1, 0.15) is 5.75 Å². The number of carbonyl (C=O) groups excluding carboxylic acids is 1. The minimum absolute atomic E-state index is 0.146. The molecule has 4 aromatic rings. The Morgan fingerprint density at radius 2 is 1.76 bits per heavy atom. The number of hydrogen-bond acceptors (Lipinski definition) is 5. The summed E-state index contributed by atoms with van der Waals surface area (Å²) < 4.78 is 35.6. The molecule has 0 unspecified atom stereocenters. The highest BCUT2D eigenvalue weighted by atomic mass is 32.2. The number of methoxy groups -OCH3 is 1. The van der Waals surface area contributed by atoms with Crippen LogP contribution >= 0.6 is 0 Å². The fourth-order valence-electron chi connectivity index (χ4n) is 4.78. The molecular formula is C29H30N4O4S. The van der Waals surface area contributed by atoms with Crippen molar-refractivity contribution in [1.29, 1.82) is 0 Å². The molecular weight excluding hydrogens is 500 g/mol. The number of aromatic nitrogens is 2. The van der Waals surface area contributed by atoms with E-state index in [-0.39, 0.29) is 23.9 Å². The van der Waals surface area contributed by atoms with Crippen LogP contribution in [0.4, 0.5) is 5.69 Å². The van der Waals surface area contributed by atoms with Crippen molar-refractivity contribution < 1.29 is 17.9 Å². The van der Waals surface area contributed by atoms with Gasteiger partial charge in [0.2, 0.25) is 10.0 Å². The SMILES string of the molecule is COc1cccc(S(=O)(=O)N2CCc3c(c(CN(C(=O)c4ccc(C)cc4)c4ccccc4)nn3C)C2)c1. The Bertz CT molecular complexity index is 1560. The zero-order valence-corrected chi connectivity index (χ0v) is 22.5. The van der Waals surface area contributed by atoms with Crippen LogP contribution in [-0.4, -0.2) is 42.1 Å². The van der Waals surface area contributed by atoms with Crippen molar-refractivity contribution in [3.8, 4) is 5.75 Å². The fraction of sp³-hybridized carbons (Fsp3) is 0.241. The molecule has 0 fully saturated rings. The van der Waals surface area contributed by atoms with Crippen LogP contribution < -0.4 is 9.64 Å². The Morgan fingerprint density at radius 1 is 1.03 bits per heavy atom. The van der Waals surface area contributed by atoms with Gasteiger partial charge in [0.05, 0.1) is 24.2 Å². The summed E-state index contributed by atoms with van der Waals surface area (Å²) in [5.41, 5.74) is 4.89. The van der Waals surface area contributed by atoms with Gasteiger partial charge in [-0.25, -0.2) is 8.42 Å². The van der Waals surface area contributed by atoms with Gasteiger partial charge in [-0.1, -0.05) is 42.0 Å². The minimum Gasteiger partial charge on any atom is -0.497 e. The largest absolute Gasteiger partial charge is 0.497 e. The first-order valence-corrected chi connectivity index (χ1v) is 13.8. The lowest BCUT2D eigenvalue weighted by atomic mass is 10.1. The molecule has 0 atom stereocenters. The van der Waals surface area contributed by atoms with Crippen molar-refractivity contribution in [3.63, 3.8) is 0 Å². The van der Waals surface area contributed by atoms with Crippen LogP contribution in [0.5, 0.6) is 5.75 Å². The zero-order chi connectivity index (χ0) is 26.9. The van der Waals surface area contributed by atoms with Crippen molar-refractivity contribution in [2.24, 2.45) is 7.05 Å². The first-order chi connectivity index (χ1) is 18.3. The highest BCUT2D eigenvalue weighted by Crippen LogP contribution is 2.30. The summed E-state index contributed by atoms with van der Waals surface area (Å²) in [6.45, 7) is 2.72. The summed E-state index contributed by atoms with van der Waals surface area (Å²) in [7, 11) is -0.378. The Hall–Kier alpha value is -3.95. The summed E-state index contributed by atoms with van der Waals surface area (Å²) in [6.07, 6.45) is 0.527. The third-order valence-electron chi connectivity index (χ3n) is 6.89. The molecule has 1 aliphatic heterocycles. The molecule has 5 rings (SSSR count). The Balaban J connectivity index is 1.49. The molecule has 1 aliphatic rings. The molecule has 0 N–H and O–H groups in total. The van der Waals surface area contributed by atoms with E-state index in [9.17, 15) is 13.2 Å². The minimum atomic E-state index is -3.75. The van der Waals surface area contributed by atoms with Crippen molar-refractivity contribution in [2.75, 3.05) is 18.6 Å². The number of amides is 1. The first kappa shape index (κ1) is 25.7. The molecule has 1 amide bonds. The number of aryl methyl sites for hydroxylation is 2. The predicted molar refractivity (Wildman–Crippen MR) is 146 cm³/mol. The molecule has 0 bridgehead atoms. The number of sulfonamides is 1. The van der Waals surface area contributed by atoms with Crippen LogP contribution in [0.3, 0.4) is 0 Å². The summed E-state index contributed by atoms with van der Waals surface area (Å²) in [6, 6.07) is 23.4. The highest BCUT2D eigenvalue weighted by Gasteiger charge is 2.33. The maximum Gasteiger partial charge on any atom is 0.258 e. The molecule has 0 aliphatic carbocycles. The molecule has 0 spiro atoms. The number of para-hydroxylation sites is 1. The smallest absolute Gasteiger partial charge is 0.258 e. The lowest BCUT2D eigenvalue weighted by Crippen LogP contribution is -2.37. The molecule has 196 valence electrons. The average Bonchev–Trinajstić information content (AvgIpc) is 3.26. The van der Waals surface area contributed by atoms with Crippen LogP contribution in [0.15, 0.2) is 83.8 Å². The molecule has 0 radical (unpaired) electrons. The van der Waals surface area contributed by atoms with Crippen LogP contribution in [0.25, 0.3) is 0 Å². The number of fused-ring (bicyclic) bond motifs is 1. The van der Waals surface area contributed by atoms with Crippen LogP contribution in [0.1, 0.15) is 32.9 Å². The van der Waals surface area contributed by atoms with Gasteiger partial charge in [0.25, 0.3) is 5.91 Å². The summed E-state index contributed by atoms with van der Waals surface area (Å²) in [5.74, 6) is 0.339. The quantitative estimate of drug-likeness (QED) is 0.355. The number of rotatable bonds is 7. The summed E-state index contributed by atoms with van der Waals surface area (Å²) >= 11 is 0. The topological polar surface area (TPSA) is 84.7 Å².